The largest absolute Gasteiger partial charge is 0.452 e. The first-order valence-corrected chi connectivity index (χ1v) is 9.92. The van der Waals surface area contributed by atoms with Crippen LogP contribution in [0.5, 0.6) is 11.5 Å². The van der Waals surface area contributed by atoms with E-state index in [1.165, 1.54) is 0 Å². The second-order valence-corrected chi connectivity index (χ2v) is 7.59. The van der Waals surface area contributed by atoms with Crippen molar-refractivity contribution in [2.75, 3.05) is 0 Å². The summed E-state index contributed by atoms with van der Waals surface area (Å²) in [6, 6.07) is 19.9. The van der Waals surface area contributed by atoms with Crippen LogP contribution in [0.4, 0.5) is 0 Å². The second kappa shape index (κ2) is 8.17. The summed E-state index contributed by atoms with van der Waals surface area (Å²) in [7, 11) is 0. The third-order valence-electron chi connectivity index (χ3n) is 4.84. The molecule has 1 atom stereocenters. The number of hydrogen-bond donors (Lipinski definition) is 0. The van der Waals surface area contributed by atoms with Gasteiger partial charge in [-0.1, -0.05) is 60.2 Å². The van der Waals surface area contributed by atoms with Crippen molar-refractivity contribution >= 4 is 29.4 Å². The van der Waals surface area contributed by atoms with Gasteiger partial charge in [-0.15, -0.1) is 11.6 Å². The van der Waals surface area contributed by atoms with Crippen LogP contribution >= 0.6 is 11.6 Å². The predicted octanol–water partition coefficient (Wildman–Crippen LogP) is 5.81. The number of alkyl halides is 1. The van der Waals surface area contributed by atoms with Crippen LogP contribution in [-0.4, -0.2) is 11.8 Å². The average molecular weight is 419 g/mol. The first kappa shape index (κ1) is 19.9. The number of aryl methyl sites for hydroxylation is 2. The molecule has 5 heteroatoms. The van der Waals surface area contributed by atoms with Crippen molar-refractivity contribution in [1.29, 1.82) is 0 Å². The van der Waals surface area contributed by atoms with E-state index in [0.29, 0.717) is 22.4 Å². The fourth-order valence-corrected chi connectivity index (χ4v) is 3.47. The Morgan fingerprint density at radius 3 is 2.43 bits per heavy atom. The second-order valence-electron chi connectivity index (χ2n) is 7.16. The Morgan fingerprint density at radius 1 is 1.03 bits per heavy atom. The van der Waals surface area contributed by atoms with Crippen molar-refractivity contribution in [3.8, 4) is 11.5 Å². The highest BCUT2D eigenvalue weighted by Crippen LogP contribution is 2.38. The van der Waals surface area contributed by atoms with Crippen molar-refractivity contribution < 1.29 is 19.1 Å². The average Bonchev–Trinajstić information content (AvgIpc) is 3.05. The van der Waals surface area contributed by atoms with Gasteiger partial charge in [-0.05, 0) is 42.7 Å². The van der Waals surface area contributed by atoms with E-state index in [-0.39, 0.29) is 17.3 Å². The lowest BCUT2D eigenvalue weighted by molar-refractivity contribution is -0.134. The Balaban J connectivity index is 1.57. The Labute approximate surface area is 179 Å². The summed E-state index contributed by atoms with van der Waals surface area (Å²) in [5.41, 5.74) is 3.79. The zero-order chi connectivity index (χ0) is 21.3. The number of fused-ring (bicyclic) bond motifs is 1. The van der Waals surface area contributed by atoms with Gasteiger partial charge < -0.3 is 9.47 Å². The van der Waals surface area contributed by atoms with E-state index in [2.05, 4.69) is 0 Å². The Kier molecular flexibility index (Phi) is 5.42. The van der Waals surface area contributed by atoms with Crippen LogP contribution < -0.4 is 9.47 Å². The molecule has 4 rings (SSSR count). The van der Waals surface area contributed by atoms with Crippen LogP contribution in [0.2, 0.25) is 0 Å². The van der Waals surface area contributed by atoms with Crippen molar-refractivity contribution in [2.45, 2.75) is 19.2 Å². The lowest BCUT2D eigenvalue weighted by Crippen LogP contribution is -2.14. The molecule has 3 aromatic carbocycles. The normalized spacial score (nSPS) is 14.9. The van der Waals surface area contributed by atoms with Crippen molar-refractivity contribution in [1.82, 2.24) is 0 Å². The summed E-state index contributed by atoms with van der Waals surface area (Å²) in [4.78, 5) is 25.2. The molecule has 1 aliphatic rings. The maximum Gasteiger partial charge on any atom is 0.334 e. The molecule has 4 nitrogen and oxygen atoms in total. The summed E-state index contributed by atoms with van der Waals surface area (Å²) in [6.45, 7) is 3.78. The highest BCUT2D eigenvalue weighted by Gasteiger charge is 2.30. The third-order valence-corrected chi connectivity index (χ3v) is 5.27. The van der Waals surface area contributed by atoms with E-state index >= 15 is 0 Å². The number of rotatable bonds is 4. The molecule has 0 amide bonds. The zero-order valence-electron chi connectivity index (χ0n) is 16.5. The molecule has 1 aliphatic heterocycles. The minimum Gasteiger partial charge on any atom is -0.452 e. The molecule has 30 heavy (non-hydrogen) atoms. The number of ketones is 1. The van der Waals surface area contributed by atoms with Gasteiger partial charge in [-0.25, -0.2) is 4.79 Å². The molecule has 1 heterocycles. The van der Waals surface area contributed by atoms with E-state index in [9.17, 15) is 9.59 Å². The first-order chi connectivity index (χ1) is 14.4. The molecule has 0 saturated heterocycles. The summed E-state index contributed by atoms with van der Waals surface area (Å²) in [5.74, 6) is 0.0940. The molecule has 0 aliphatic carbocycles. The Morgan fingerprint density at radius 2 is 1.73 bits per heavy atom. The number of carbonyl (C=O) groups excluding carboxylic acids is 2. The number of allylic oxidation sites excluding steroid dienone is 1. The highest BCUT2D eigenvalue weighted by atomic mass is 35.5. The summed E-state index contributed by atoms with van der Waals surface area (Å²) in [6.07, 6.45) is 1.71. The van der Waals surface area contributed by atoms with Crippen molar-refractivity contribution in [2.24, 2.45) is 0 Å². The van der Waals surface area contributed by atoms with Gasteiger partial charge in [-0.2, -0.15) is 0 Å². The number of hydrogen-bond acceptors (Lipinski definition) is 4. The molecule has 0 saturated carbocycles. The number of ether oxygens (including phenoxy) is 2. The molecule has 150 valence electrons. The van der Waals surface area contributed by atoms with Gasteiger partial charge in [0.05, 0.1) is 5.56 Å². The fourth-order valence-electron chi connectivity index (χ4n) is 3.28. The topological polar surface area (TPSA) is 52.6 Å². The summed E-state index contributed by atoms with van der Waals surface area (Å²) < 4.78 is 11.2. The Bertz CT molecular complexity index is 1150. The number of esters is 1. The fraction of sp³-hybridized carbons (Fsp3) is 0.120. The molecular formula is C25H19ClO4. The maximum absolute atomic E-state index is 12.8. The van der Waals surface area contributed by atoms with E-state index in [4.69, 9.17) is 21.1 Å². The molecule has 0 aromatic heterocycles. The lowest BCUT2D eigenvalue weighted by atomic mass is 10.0. The first-order valence-electron chi connectivity index (χ1n) is 9.48. The molecular weight excluding hydrogens is 400 g/mol. The predicted molar refractivity (Wildman–Crippen MR) is 116 cm³/mol. The molecule has 0 N–H and O–H groups in total. The molecule has 0 bridgehead atoms. The van der Waals surface area contributed by atoms with Gasteiger partial charge in [0.25, 0.3) is 0 Å². The van der Waals surface area contributed by atoms with E-state index in [1.807, 2.05) is 37.3 Å². The van der Waals surface area contributed by atoms with Gasteiger partial charge in [-0.3, -0.25) is 4.79 Å². The van der Waals surface area contributed by atoms with E-state index in [1.54, 1.807) is 49.4 Å². The van der Waals surface area contributed by atoms with Gasteiger partial charge in [0, 0.05) is 6.07 Å². The minimum absolute atomic E-state index is 0.194. The van der Waals surface area contributed by atoms with Gasteiger partial charge in [0.15, 0.2) is 11.1 Å². The van der Waals surface area contributed by atoms with E-state index < -0.39 is 11.3 Å². The van der Waals surface area contributed by atoms with Crippen molar-refractivity contribution in [3.63, 3.8) is 0 Å². The molecule has 0 spiro atoms. The standard InChI is InChI=1S/C25H19ClO4/c1-15-8-10-17(11-9-15)13-21-24(27)22-16(2)12-19(14-20(22)30-21)29-25(28)23(26)18-6-4-3-5-7-18/h3-14,23H,1-2H3/b21-13-. The number of benzene rings is 3. The SMILES string of the molecule is Cc1ccc(/C=C2\Oc3cc(OC(=O)C(Cl)c4ccccc4)cc(C)c3C2=O)cc1. The monoisotopic (exact) mass is 418 g/mol. The van der Waals surface area contributed by atoms with Crippen molar-refractivity contribution in [3.05, 3.63) is 100 Å². The van der Waals surface area contributed by atoms with Crippen LogP contribution in [0, 0.1) is 13.8 Å². The Hall–Kier alpha value is -3.37. The van der Waals surface area contributed by atoms with Crippen LogP contribution in [-0.2, 0) is 4.79 Å². The lowest BCUT2D eigenvalue weighted by Gasteiger charge is -2.11. The van der Waals surface area contributed by atoms with Crippen LogP contribution in [0.25, 0.3) is 6.08 Å². The third kappa shape index (κ3) is 4.00. The zero-order valence-corrected chi connectivity index (χ0v) is 17.3. The summed E-state index contributed by atoms with van der Waals surface area (Å²) in [5, 5.41) is -0.931. The minimum atomic E-state index is -0.931. The van der Waals surface area contributed by atoms with E-state index in [0.717, 1.165) is 11.1 Å². The number of halogens is 1. The van der Waals surface area contributed by atoms with Gasteiger partial charge in [0.2, 0.25) is 5.78 Å². The maximum atomic E-state index is 12.8. The summed E-state index contributed by atoms with van der Waals surface area (Å²) >= 11 is 6.24. The quantitative estimate of drug-likeness (QED) is 0.232. The molecule has 0 fully saturated rings. The number of Topliss-reactive ketones (excluding diaryl/α,β-unsaturated/α-hetero) is 1. The van der Waals surface area contributed by atoms with Crippen LogP contribution in [0.15, 0.2) is 72.5 Å². The van der Waals surface area contributed by atoms with Crippen LogP contribution in [0.1, 0.15) is 38.0 Å². The molecule has 0 radical (unpaired) electrons. The highest BCUT2D eigenvalue weighted by molar-refractivity contribution is 6.30. The van der Waals surface area contributed by atoms with Crippen LogP contribution in [0.3, 0.4) is 0 Å². The number of carbonyl (C=O) groups is 2. The smallest absolute Gasteiger partial charge is 0.334 e. The van der Waals surface area contributed by atoms with Gasteiger partial charge >= 0.3 is 5.97 Å². The molecule has 1 unspecified atom stereocenters. The molecule has 3 aromatic rings. The van der Waals surface area contributed by atoms with Gasteiger partial charge in [0.1, 0.15) is 11.5 Å².